The molecule has 0 spiro atoms. The smallest absolute Gasteiger partial charge is 0.244 e. The molecule has 29 heavy (non-hydrogen) atoms. The van der Waals surface area contributed by atoms with Crippen LogP contribution in [0.2, 0.25) is 0 Å². The highest BCUT2D eigenvalue weighted by Gasteiger charge is 2.18. The number of carbonyl (C=O) groups excluding carboxylic acids is 1. The van der Waals surface area contributed by atoms with E-state index in [0.717, 1.165) is 22.4 Å². The first-order valence-electron chi connectivity index (χ1n) is 9.75. The van der Waals surface area contributed by atoms with Gasteiger partial charge in [0.25, 0.3) is 0 Å². The van der Waals surface area contributed by atoms with Crippen LogP contribution in [-0.4, -0.2) is 32.9 Å². The number of carbonyl (C=O) groups is 1. The van der Waals surface area contributed by atoms with Crippen LogP contribution in [0.25, 0.3) is 17.3 Å². The van der Waals surface area contributed by atoms with Gasteiger partial charge in [-0.15, -0.1) is 0 Å². The molecule has 0 unspecified atom stereocenters. The Labute approximate surface area is 171 Å². The van der Waals surface area contributed by atoms with Crippen molar-refractivity contribution in [3.05, 3.63) is 84.1 Å². The summed E-state index contributed by atoms with van der Waals surface area (Å²) >= 11 is 0. The molecule has 0 bridgehead atoms. The minimum absolute atomic E-state index is 0.0292. The largest absolute Gasteiger partial charge is 0.396 e. The highest BCUT2D eigenvalue weighted by Crippen LogP contribution is 2.23. The third-order valence-electron chi connectivity index (χ3n) is 4.64. The monoisotopic (exact) mass is 389 g/mol. The molecule has 3 rings (SSSR count). The number of aromatic nitrogens is 2. The SMILES string of the molecule is CC(C)(CCO)NC(=O)/C=C/c1cn(Cc2ccccc2)nc1-c1ccccc1. The normalized spacial score (nSPS) is 11.7. The molecule has 0 saturated carbocycles. The number of hydrogen-bond donors (Lipinski definition) is 2. The van der Waals surface area contributed by atoms with Crippen molar-refractivity contribution in [1.82, 2.24) is 15.1 Å². The fourth-order valence-corrected chi connectivity index (χ4v) is 3.11. The van der Waals surface area contributed by atoms with Gasteiger partial charge >= 0.3 is 0 Å². The van der Waals surface area contributed by atoms with Crippen molar-refractivity contribution in [3.8, 4) is 11.3 Å². The van der Waals surface area contributed by atoms with E-state index in [1.165, 1.54) is 6.08 Å². The van der Waals surface area contributed by atoms with Crippen LogP contribution in [0.4, 0.5) is 0 Å². The summed E-state index contributed by atoms with van der Waals surface area (Å²) in [5.74, 6) is -0.196. The molecule has 1 heterocycles. The number of aliphatic hydroxyl groups excluding tert-OH is 1. The summed E-state index contributed by atoms with van der Waals surface area (Å²) < 4.78 is 1.89. The first-order valence-corrected chi connectivity index (χ1v) is 9.75. The van der Waals surface area contributed by atoms with Crippen LogP contribution in [0.5, 0.6) is 0 Å². The zero-order chi connectivity index (χ0) is 20.7. The molecule has 0 atom stereocenters. The van der Waals surface area contributed by atoms with Crippen LogP contribution in [-0.2, 0) is 11.3 Å². The van der Waals surface area contributed by atoms with E-state index in [1.54, 1.807) is 6.08 Å². The Morgan fingerprint density at radius 3 is 2.41 bits per heavy atom. The Kier molecular flexibility index (Phi) is 6.62. The second-order valence-electron chi connectivity index (χ2n) is 7.66. The lowest BCUT2D eigenvalue weighted by molar-refractivity contribution is -0.118. The minimum Gasteiger partial charge on any atom is -0.396 e. The average molecular weight is 389 g/mol. The Bertz CT molecular complexity index is 960. The number of hydrogen-bond acceptors (Lipinski definition) is 3. The van der Waals surface area contributed by atoms with Gasteiger partial charge in [0, 0.05) is 35.5 Å². The van der Waals surface area contributed by atoms with Crippen LogP contribution in [0.3, 0.4) is 0 Å². The number of aliphatic hydroxyl groups is 1. The van der Waals surface area contributed by atoms with Crippen molar-refractivity contribution >= 4 is 12.0 Å². The maximum Gasteiger partial charge on any atom is 0.244 e. The van der Waals surface area contributed by atoms with Gasteiger partial charge in [-0.2, -0.15) is 5.10 Å². The van der Waals surface area contributed by atoms with Crippen molar-refractivity contribution in [1.29, 1.82) is 0 Å². The molecule has 150 valence electrons. The van der Waals surface area contributed by atoms with Gasteiger partial charge in [0.05, 0.1) is 12.2 Å². The molecule has 2 aromatic carbocycles. The van der Waals surface area contributed by atoms with Gasteiger partial charge in [0.2, 0.25) is 5.91 Å². The van der Waals surface area contributed by atoms with Crippen LogP contribution in [0.1, 0.15) is 31.4 Å². The lowest BCUT2D eigenvalue weighted by atomic mass is 10.0. The summed E-state index contributed by atoms with van der Waals surface area (Å²) in [4.78, 5) is 12.3. The predicted molar refractivity (Wildman–Crippen MR) is 116 cm³/mol. The fourth-order valence-electron chi connectivity index (χ4n) is 3.11. The van der Waals surface area contributed by atoms with Gasteiger partial charge in [0.1, 0.15) is 0 Å². The summed E-state index contributed by atoms with van der Waals surface area (Å²) in [6.07, 6.45) is 5.77. The second-order valence-corrected chi connectivity index (χ2v) is 7.66. The fraction of sp³-hybridized carbons (Fsp3) is 0.250. The molecule has 0 aliphatic rings. The van der Waals surface area contributed by atoms with Crippen LogP contribution >= 0.6 is 0 Å². The standard InChI is InChI=1S/C24H27N3O2/c1-24(2,15-16-28)25-22(29)14-13-21-18-27(17-19-9-5-3-6-10-19)26-23(21)20-11-7-4-8-12-20/h3-14,18,28H,15-17H2,1-2H3,(H,25,29)/b14-13+. The van der Waals surface area contributed by atoms with Crippen LogP contribution < -0.4 is 5.32 Å². The summed E-state index contributed by atoms with van der Waals surface area (Å²) in [7, 11) is 0. The van der Waals surface area contributed by atoms with Gasteiger partial charge in [-0.05, 0) is 31.9 Å². The van der Waals surface area contributed by atoms with Crippen molar-refractivity contribution in [2.75, 3.05) is 6.61 Å². The average Bonchev–Trinajstić information content (AvgIpc) is 3.10. The van der Waals surface area contributed by atoms with Gasteiger partial charge in [0.15, 0.2) is 0 Å². The lowest BCUT2D eigenvalue weighted by Crippen LogP contribution is -2.43. The van der Waals surface area contributed by atoms with Crippen molar-refractivity contribution < 1.29 is 9.90 Å². The summed E-state index contributed by atoms with van der Waals surface area (Å²) in [5.41, 5.74) is 3.41. The van der Waals surface area contributed by atoms with Crippen molar-refractivity contribution in [2.45, 2.75) is 32.4 Å². The van der Waals surface area contributed by atoms with E-state index in [4.69, 9.17) is 10.2 Å². The Balaban J connectivity index is 1.85. The molecule has 1 aromatic heterocycles. The van der Waals surface area contributed by atoms with Crippen LogP contribution in [0.15, 0.2) is 72.9 Å². The quantitative estimate of drug-likeness (QED) is 0.575. The topological polar surface area (TPSA) is 67.2 Å². The van der Waals surface area contributed by atoms with E-state index in [0.29, 0.717) is 13.0 Å². The molecular formula is C24H27N3O2. The summed E-state index contributed by atoms with van der Waals surface area (Å²) in [6.45, 7) is 4.47. The molecule has 0 aliphatic carbocycles. The predicted octanol–water partition coefficient (Wildman–Crippen LogP) is 3.89. The molecule has 3 aromatic rings. The first-order chi connectivity index (χ1) is 14.0. The zero-order valence-electron chi connectivity index (χ0n) is 16.9. The third kappa shape index (κ3) is 5.90. The van der Waals surface area contributed by atoms with Crippen molar-refractivity contribution in [2.24, 2.45) is 0 Å². The van der Waals surface area contributed by atoms with Gasteiger partial charge < -0.3 is 10.4 Å². The molecule has 2 N–H and O–H groups in total. The minimum atomic E-state index is -0.462. The van der Waals surface area contributed by atoms with Crippen molar-refractivity contribution in [3.63, 3.8) is 0 Å². The molecule has 0 fully saturated rings. The van der Waals surface area contributed by atoms with Gasteiger partial charge in [-0.3, -0.25) is 9.48 Å². The van der Waals surface area contributed by atoms with Crippen LogP contribution in [0, 0.1) is 0 Å². The number of amides is 1. The molecule has 5 nitrogen and oxygen atoms in total. The first kappa shape index (κ1) is 20.6. The highest BCUT2D eigenvalue weighted by atomic mass is 16.3. The van der Waals surface area contributed by atoms with Gasteiger partial charge in [-0.1, -0.05) is 60.7 Å². The summed E-state index contributed by atoms with van der Waals surface area (Å²) in [6, 6.07) is 20.1. The van der Waals surface area contributed by atoms with E-state index in [9.17, 15) is 4.79 Å². The van der Waals surface area contributed by atoms with E-state index in [2.05, 4.69) is 17.4 Å². The summed E-state index contributed by atoms with van der Waals surface area (Å²) in [5, 5.41) is 16.8. The molecule has 0 saturated heterocycles. The van der Waals surface area contributed by atoms with E-state index < -0.39 is 5.54 Å². The third-order valence-corrected chi connectivity index (χ3v) is 4.64. The Hall–Kier alpha value is -3.18. The van der Waals surface area contributed by atoms with E-state index in [1.807, 2.05) is 73.3 Å². The maximum atomic E-state index is 12.3. The molecule has 0 aliphatic heterocycles. The number of benzene rings is 2. The highest BCUT2D eigenvalue weighted by molar-refractivity contribution is 5.93. The second kappa shape index (κ2) is 9.34. The van der Waals surface area contributed by atoms with E-state index >= 15 is 0 Å². The number of rotatable bonds is 8. The van der Waals surface area contributed by atoms with E-state index in [-0.39, 0.29) is 12.5 Å². The molecule has 5 heteroatoms. The Morgan fingerprint density at radius 1 is 1.10 bits per heavy atom. The Morgan fingerprint density at radius 2 is 1.76 bits per heavy atom. The lowest BCUT2D eigenvalue weighted by Gasteiger charge is -2.24. The van der Waals surface area contributed by atoms with Gasteiger partial charge in [-0.25, -0.2) is 0 Å². The number of nitrogens with zero attached hydrogens (tertiary/aromatic N) is 2. The maximum absolute atomic E-state index is 12.3. The number of nitrogens with one attached hydrogen (secondary N) is 1. The molecule has 1 amide bonds. The molecule has 0 radical (unpaired) electrons. The zero-order valence-corrected chi connectivity index (χ0v) is 16.9. The molecular weight excluding hydrogens is 362 g/mol.